The first-order valence-electron chi connectivity index (χ1n) is 6.34. The predicted molar refractivity (Wildman–Crippen MR) is 72.3 cm³/mol. The van der Waals surface area contributed by atoms with Crippen LogP contribution < -0.4 is 0 Å². The Morgan fingerprint density at radius 1 is 1.00 bits per heavy atom. The standard InChI is InChI=1S/C16H16O4/c1-15(2)19-13(17)16(3,14(18)20-15)11-7-10-12-8-5-4-6-9-12/h4-6,8-9H,11H2,1-3H3. The molecule has 0 amide bonds. The van der Waals surface area contributed by atoms with Crippen molar-refractivity contribution < 1.29 is 19.1 Å². The summed E-state index contributed by atoms with van der Waals surface area (Å²) in [6, 6.07) is 9.35. The highest BCUT2D eigenvalue weighted by atomic mass is 16.7. The Bertz CT molecular complexity index is 570. The molecular weight excluding hydrogens is 256 g/mol. The molecule has 0 aliphatic carbocycles. The van der Waals surface area contributed by atoms with Gasteiger partial charge in [-0.1, -0.05) is 30.0 Å². The van der Waals surface area contributed by atoms with Gasteiger partial charge < -0.3 is 9.47 Å². The summed E-state index contributed by atoms with van der Waals surface area (Å²) in [5, 5.41) is 0. The second-order valence-corrected chi connectivity index (χ2v) is 5.36. The molecule has 4 nitrogen and oxygen atoms in total. The van der Waals surface area contributed by atoms with E-state index in [2.05, 4.69) is 11.8 Å². The minimum Gasteiger partial charge on any atom is -0.422 e. The molecule has 1 aliphatic rings. The molecule has 0 saturated carbocycles. The summed E-state index contributed by atoms with van der Waals surface area (Å²) in [4.78, 5) is 24.0. The predicted octanol–water partition coefficient (Wildman–Crippen LogP) is 2.27. The SMILES string of the molecule is CC1(C)OC(=O)C(C)(CC#Cc2ccccc2)C(=O)O1. The first kappa shape index (κ1) is 14.1. The Kier molecular flexibility index (Phi) is 3.54. The molecule has 2 rings (SSSR count). The van der Waals surface area contributed by atoms with Crippen LogP contribution in [0.5, 0.6) is 0 Å². The van der Waals surface area contributed by atoms with Gasteiger partial charge >= 0.3 is 11.9 Å². The molecule has 1 aromatic rings. The van der Waals surface area contributed by atoms with Gasteiger partial charge in [0.15, 0.2) is 5.41 Å². The number of ether oxygens (including phenoxy) is 2. The topological polar surface area (TPSA) is 52.6 Å². The van der Waals surface area contributed by atoms with Crippen molar-refractivity contribution in [2.75, 3.05) is 0 Å². The van der Waals surface area contributed by atoms with Gasteiger partial charge in [0.25, 0.3) is 5.79 Å². The second kappa shape index (κ2) is 5.01. The maximum atomic E-state index is 12.0. The molecule has 1 fully saturated rings. The molecule has 1 aromatic carbocycles. The number of cyclic esters (lactones) is 2. The average Bonchev–Trinajstić information content (AvgIpc) is 2.37. The zero-order chi connectivity index (χ0) is 14.8. The smallest absolute Gasteiger partial charge is 0.327 e. The summed E-state index contributed by atoms with van der Waals surface area (Å²) >= 11 is 0. The van der Waals surface area contributed by atoms with E-state index in [0.29, 0.717) is 0 Å². The normalized spacial score (nSPS) is 19.4. The minimum absolute atomic E-state index is 0.0651. The highest BCUT2D eigenvalue weighted by molar-refractivity contribution is 6.01. The molecule has 1 saturated heterocycles. The van der Waals surface area contributed by atoms with E-state index in [4.69, 9.17) is 9.47 Å². The molecule has 4 heteroatoms. The number of esters is 2. The van der Waals surface area contributed by atoms with Crippen LogP contribution in [0, 0.1) is 17.3 Å². The minimum atomic E-state index is -1.36. The lowest BCUT2D eigenvalue weighted by Crippen LogP contribution is -2.52. The van der Waals surface area contributed by atoms with Crippen molar-refractivity contribution in [2.45, 2.75) is 33.0 Å². The maximum absolute atomic E-state index is 12.0. The number of rotatable bonds is 1. The van der Waals surface area contributed by atoms with Crippen LogP contribution in [0.4, 0.5) is 0 Å². The first-order valence-corrected chi connectivity index (χ1v) is 6.34. The fourth-order valence-corrected chi connectivity index (χ4v) is 1.76. The summed E-state index contributed by atoms with van der Waals surface area (Å²) in [5.74, 6) is 3.36. The lowest BCUT2D eigenvalue weighted by Gasteiger charge is -2.37. The third-order valence-electron chi connectivity index (χ3n) is 3.03. The Balaban J connectivity index is 2.14. The summed E-state index contributed by atoms with van der Waals surface area (Å²) < 4.78 is 10.2. The Morgan fingerprint density at radius 3 is 2.10 bits per heavy atom. The molecule has 0 spiro atoms. The maximum Gasteiger partial charge on any atom is 0.327 e. The van der Waals surface area contributed by atoms with Crippen LogP contribution in [0.15, 0.2) is 30.3 Å². The van der Waals surface area contributed by atoms with Gasteiger partial charge in [-0.15, -0.1) is 0 Å². The van der Waals surface area contributed by atoms with Crippen LogP contribution >= 0.6 is 0 Å². The van der Waals surface area contributed by atoms with Crippen molar-refractivity contribution in [3.8, 4) is 11.8 Å². The van der Waals surface area contributed by atoms with Gasteiger partial charge in [0.2, 0.25) is 0 Å². The molecule has 0 atom stereocenters. The van der Waals surface area contributed by atoms with Gasteiger partial charge in [-0.25, -0.2) is 0 Å². The fourth-order valence-electron chi connectivity index (χ4n) is 1.76. The summed E-state index contributed by atoms with van der Waals surface area (Å²) in [6.07, 6.45) is 0.0651. The Labute approximate surface area is 118 Å². The second-order valence-electron chi connectivity index (χ2n) is 5.36. The van der Waals surface area contributed by atoms with E-state index in [1.807, 2.05) is 30.3 Å². The van der Waals surface area contributed by atoms with E-state index >= 15 is 0 Å². The fraction of sp³-hybridized carbons (Fsp3) is 0.375. The van der Waals surface area contributed by atoms with E-state index in [0.717, 1.165) is 5.56 Å². The van der Waals surface area contributed by atoms with Crippen LogP contribution in [0.3, 0.4) is 0 Å². The lowest BCUT2D eigenvalue weighted by atomic mass is 9.86. The van der Waals surface area contributed by atoms with Crippen molar-refractivity contribution in [1.29, 1.82) is 0 Å². The quantitative estimate of drug-likeness (QED) is 0.447. The van der Waals surface area contributed by atoms with E-state index in [1.54, 1.807) is 0 Å². The monoisotopic (exact) mass is 272 g/mol. The molecule has 1 heterocycles. The van der Waals surface area contributed by atoms with E-state index in [-0.39, 0.29) is 6.42 Å². The lowest BCUT2D eigenvalue weighted by molar-refractivity contribution is -0.249. The van der Waals surface area contributed by atoms with Gasteiger partial charge in [0.05, 0.1) is 0 Å². The van der Waals surface area contributed by atoms with Gasteiger partial charge in [0.1, 0.15) is 0 Å². The van der Waals surface area contributed by atoms with E-state index < -0.39 is 23.1 Å². The molecular formula is C16H16O4. The van der Waals surface area contributed by atoms with E-state index in [9.17, 15) is 9.59 Å². The number of carbonyl (C=O) groups is 2. The summed E-state index contributed by atoms with van der Waals surface area (Å²) in [6.45, 7) is 4.54. The molecule has 104 valence electrons. The van der Waals surface area contributed by atoms with Crippen LogP contribution in [0.1, 0.15) is 32.8 Å². The number of hydrogen-bond acceptors (Lipinski definition) is 4. The van der Waals surface area contributed by atoms with Crippen LogP contribution in [0.2, 0.25) is 0 Å². The van der Waals surface area contributed by atoms with Gasteiger partial charge in [-0.3, -0.25) is 9.59 Å². The average molecular weight is 272 g/mol. The van der Waals surface area contributed by atoms with Crippen molar-refractivity contribution in [3.63, 3.8) is 0 Å². The van der Waals surface area contributed by atoms with Crippen molar-refractivity contribution in [1.82, 2.24) is 0 Å². The van der Waals surface area contributed by atoms with Crippen molar-refractivity contribution in [3.05, 3.63) is 35.9 Å². The van der Waals surface area contributed by atoms with Crippen LogP contribution in [-0.4, -0.2) is 17.7 Å². The van der Waals surface area contributed by atoms with Crippen molar-refractivity contribution in [2.24, 2.45) is 5.41 Å². The van der Waals surface area contributed by atoms with E-state index in [1.165, 1.54) is 20.8 Å². The third kappa shape index (κ3) is 2.83. The largest absolute Gasteiger partial charge is 0.422 e. The van der Waals surface area contributed by atoms with Gasteiger partial charge in [-0.05, 0) is 19.1 Å². The Morgan fingerprint density at radius 2 is 1.55 bits per heavy atom. The molecule has 0 bridgehead atoms. The molecule has 0 radical (unpaired) electrons. The number of benzene rings is 1. The third-order valence-corrected chi connectivity index (χ3v) is 3.03. The molecule has 20 heavy (non-hydrogen) atoms. The molecule has 0 aromatic heterocycles. The van der Waals surface area contributed by atoms with Crippen LogP contribution in [-0.2, 0) is 19.1 Å². The van der Waals surface area contributed by atoms with Gasteiger partial charge in [0, 0.05) is 25.8 Å². The van der Waals surface area contributed by atoms with Gasteiger partial charge in [-0.2, -0.15) is 0 Å². The zero-order valence-electron chi connectivity index (χ0n) is 11.7. The zero-order valence-corrected chi connectivity index (χ0v) is 11.7. The number of carbonyl (C=O) groups excluding carboxylic acids is 2. The highest BCUT2D eigenvalue weighted by Gasteiger charge is 2.52. The van der Waals surface area contributed by atoms with Crippen molar-refractivity contribution >= 4 is 11.9 Å². The molecule has 1 aliphatic heterocycles. The first-order chi connectivity index (χ1) is 9.33. The Hall–Kier alpha value is -2.28. The van der Waals surface area contributed by atoms with Crippen LogP contribution in [0.25, 0.3) is 0 Å². The number of hydrogen-bond donors (Lipinski definition) is 0. The molecule has 0 N–H and O–H groups in total. The highest BCUT2D eigenvalue weighted by Crippen LogP contribution is 2.34. The summed E-state index contributed by atoms with van der Waals surface area (Å²) in [5.41, 5.74) is -0.536. The molecule has 0 unspecified atom stereocenters. The summed E-state index contributed by atoms with van der Waals surface area (Å²) in [7, 11) is 0.